The molecule has 2 fully saturated rings. The van der Waals surface area contributed by atoms with Crippen LogP contribution in [-0.2, 0) is 26.5 Å². The molecule has 3 aromatic carbocycles. The van der Waals surface area contributed by atoms with E-state index in [-0.39, 0.29) is 36.0 Å². The van der Waals surface area contributed by atoms with Gasteiger partial charge in [-0.15, -0.1) is 0 Å². The van der Waals surface area contributed by atoms with Crippen molar-refractivity contribution in [1.29, 1.82) is 0 Å². The van der Waals surface area contributed by atoms with E-state index in [4.69, 9.17) is 9.47 Å². The van der Waals surface area contributed by atoms with E-state index in [2.05, 4.69) is 32.2 Å². The lowest BCUT2D eigenvalue weighted by molar-refractivity contribution is -0.146. The highest BCUT2D eigenvalue weighted by atomic mass is 28.3. The number of ether oxygens (including phenoxy) is 2. The number of fused-ring (bicyclic) bond motifs is 2. The third-order valence-corrected chi connectivity index (χ3v) is 14.0. The van der Waals surface area contributed by atoms with Gasteiger partial charge in [0.15, 0.2) is 5.60 Å². The first-order chi connectivity index (χ1) is 19.7. The number of β-lactam (4-membered cyclic amide) rings is 1. The number of benzene rings is 3. The summed E-state index contributed by atoms with van der Waals surface area (Å²) < 4.78 is 12.3. The van der Waals surface area contributed by atoms with E-state index in [1.165, 1.54) is 5.19 Å². The monoisotopic (exact) mass is 570 g/mol. The van der Waals surface area contributed by atoms with Crippen LogP contribution >= 0.6 is 0 Å². The molecule has 7 nitrogen and oxygen atoms in total. The highest BCUT2D eigenvalue weighted by Gasteiger charge is 2.66. The fraction of sp³-hybridized carbons (Fsp3) is 0.394. The summed E-state index contributed by atoms with van der Waals surface area (Å²) in [5.74, 6) is 0.820. The number of rotatable bonds is 8. The van der Waals surface area contributed by atoms with Gasteiger partial charge in [0, 0.05) is 36.7 Å². The predicted octanol–water partition coefficient (Wildman–Crippen LogP) is 4.58. The van der Waals surface area contributed by atoms with Crippen LogP contribution in [0.15, 0.2) is 72.8 Å². The van der Waals surface area contributed by atoms with Crippen LogP contribution in [-0.4, -0.2) is 51.4 Å². The second-order valence-corrected chi connectivity index (χ2v) is 16.7. The van der Waals surface area contributed by atoms with Crippen molar-refractivity contribution >= 4 is 36.4 Å². The highest BCUT2D eigenvalue weighted by Crippen LogP contribution is 2.60. The van der Waals surface area contributed by atoms with E-state index >= 15 is 0 Å². The number of aliphatic hydroxyl groups excluding tert-OH is 1. The molecule has 8 heteroatoms. The van der Waals surface area contributed by atoms with E-state index in [9.17, 15) is 14.7 Å². The topological polar surface area (TPSA) is 79.3 Å². The molecule has 0 bridgehead atoms. The minimum absolute atomic E-state index is 0.00246. The number of hydrogen-bond donors (Lipinski definition) is 1. The Bertz CT molecular complexity index is 1460. The Morgan fingerprint density at radius 1 is 1.02 bits per heavy atom. The number of anilines is 2. The van der Waals surface area contributed by atoms with Gasteiger partial charge < -0.3 is 24.4 Å². The largest absolute Gasteiger partial charge is 0.497 e. The second kappa shape index (κ2) is 10.4. The Morgan fingerprint density at radius 3 is 2.34 bits per heavy atom. The molecule has 3 heterocycles. The predicted molar refractivity (Wildman–Crippen MR) is 162 cm³/mol. The van der Waals surface area contributed by atoms with E-state index in [0.717, 1.165) is 34.8 Å². The lowest BCUT2D eigenvalue weighted by atomic mass is 9.82. The molecule has 3 aliphatic rings. The number of amides is 2. The minimum atomic E-state index is -2.20. The maximum atomic E-state index is 14.6. The number of aliphatic hydroxyl groups is 1. The van der Waals surface area contributed by atoms with Crippen LogP contribution in [0.3, 0.4) is 0 Å². The molecule has 0 radical (unpaired) electrons. The Hall–Kier alpha value is -3.46. The fourth-order valence-electron chi connectivity index (χ4n) is 7.37. The first-order valence-corrected chi connectivity index (χ1v) is 17.5. The maximum Gasteiger partial charge on any atom is 0.264 e. The Balaban J connectivity index is 1.35. The summed E-state index contributed by atoms with van der Waals surface area (Å²) in [5, 5.41) is 11.3. The SMILES string of the molecule is COc1ccc([Si](C)(C)[C@@H]2[C@@H](CCO)O[C@]3(C(=O)N(Cc4ccc(N5CCC5=O)cc4)c4ccccc43)[C@H]2C)cc1. The molecular weight excluding hydrogens is 532 g/mol. The molecule has 0 unspecified atom stereocenters. The molecule has 4 atom stereocenters. The summed E-state index contributed by atoms with van der Waals surface area (Å²) >= 11 is 0. The van der Waals surface area contributed by atoms with Crippen LogP contribution in [0.4, 0.5) is 11.4 Å². The van der Waals surface area contributed by atoms with Gasteiger partial charge in [-0.3, -0.25) is 9.59 Å². The van der Waals surface area contributed by atoms with E-state index in [0.29, 0.717) is 19.4 Å². The molecule has 1 spiro atoms. The normalized spacial score (nSPS) is 25.5. The van der Waals surface area contributed by atoms with Gasteiger partial charge in [0.25, 0.3) is 5.91 Å². The van der Waals surface area contributed by atoms with Gasteiger partial charge in [-0.05, 0) is 47.9 Å². The Labute approximate surface area is 242 Å². The molecule has 1 N–H and O–H groups in total. The number of carbonyl (C=O) groups excluding carboxylic acids is 2. The van der Waals surface area contributed by atoms with Crippen LogP contribution in [0.2, 0.25) is 18.6 Å². The lowest BCUT2D eigenvalue weighted by Crippen LogP contribution is -2.51. The second-order valence-electron chi connectivity index (χ2n) is 12.0. The molecule has 3 aromatic rings. The standard InChI is InChI=1S/C33H38N2O5Si/c1-22-31(41(3,4)26-15-13-25(39-2)14-16-26)29(18-20-36)40-33(22)27-7-5-6-8-28(27)35(32(33)38)21-23-9-11-24(12-10-23)34-19-17-30(34)37/h5-16,22,29,31,36H,17-21H2,1-4H3/t22-,29+,31-,33+/m0/s1. The first-order valence-electron chi connectivity index (χ1n) is 14.5. The first kappa shape index (κ1) is 27.7. The van der Waals surface area contributed by atoms with E-state index in [1.807, 2.05) is 65.6 Å². The summed E-state index contributed by atoms with van der Waals surface area (Å²) in [4.78, 5) is 30.1. The number of carbonyl (C=O) groups is 2. The molecule has 214 valence electrons. The maximum absolute atomic E-state index is 14.6. The molecule has 41 heavy (non-hydrogen) atoms. The number of para-hydroxylation sites is 1. The van der Waals surface area contributed by atoms with Gasteiger partial charge in [-0.2, -0.15) is 0 Å². The lowest BCUT2D eigenvalue weighted by Gasteiger charge is -2.37. The molecule has 0 aliphatic carbocycles. The molecule has 6 rings (SSSR count). The fourth-order valence-corrected chi connectivity index (χ4v) is 11.4. The van der Waals surface area contributed by atoms with Crippen LogP contribution in [0.1, 0.15) is 30.9 Å². The zero-order valence-electron chi connectivity index (χ0n) is 24.2. The van der Waals surface area contributed by atoms with E-state index < -0.39 is 13.7 Å². The summed E-state index contributed by atoms with van der Waals surface area (Å²) in [5.41, 5.74) is 2.66. The molecule has 2 amide bonds. The smallest absolute Gasteiger partial charge is 0.264 e. The van der Waals surface area contributed by atoms with Crippen LogP contribution < -0.4 is 19.7 Å². The third kappa shape index (κ3) is 4.31. The van der Waals surface area contributed by atoms with Crippen LogP contribution in [0, 0.1) is 5.92 Å². The van der Waals surface area contributed by atoms with Crippen molar-refractivity contribution in [2.24, 2.45) is 5.92 Å². The van der Waals surface area contributed by atoms with Crippen molar-refractivity contribution in [3.8, 4) is 5.75 Å². The van der Waals surface area contributed by atoms with Crippen molar-refractivity contribution in [2.75, 3.05) is 30.1 Å². The van der Waals surface area contributed by atoms with Crippen LogP contribution in [0.5, 0.6) is 5.75 Å². The Kier molecular flexibility index (Phi) is 7.04. The van der Waals surface area contributed by atoms with Gasteiger partial charge in [0.1, 0.15) is 5.75 Å². The van der Waals surface area contributed by atoms with Crippen LogP contribution in [0.25, 0.3) is 0 Å². The van der Waals surface area contributed by atoms with Crippen molar-refractivity contribution in [2.45, 2.75) is 56.7 Å². The molecule has 0 aromatic heterocycles. The number of methoxy groups -OCH3 is 1. The van der Waals surface area contributed by atoms with Crippen molar-refractivity contribution in [1.82, 2.24) is 0 Å². The van der Waals surface area contributed by atoms with Crippen molar-refractivity contribution in [3.05, 3.63) is 83.9 Å². The average molecular weight is 571 g/mol. The van der Waals surface area contributed by atoms with Gasteiger partial charge in [-0.1, -0.05) is 67.7 Å². The summed E-state index contributed by atoms with van der Waals surface area (Å²) in [6.45, 7) is 8.02. The average Bonchev–Trinajstić information content (AvgIpc) is 3.40. The van der Waals surface area contributed by atoms with E-state index in [1.54, 1.807) is 12.0 Å². The number of nitrogens with zero attached hydrogens (tertiary/aromatic N) is 2. The highest BCUT2D eigenvalue weighted by molar-refractivity contribution is 6.91. The van der Waals surface area contributed by atoms with Crippen molar-refractivity contribution in [3.63, 3.8) is 0 Å². The summed E-state index contributed by atoms with van der Waals surface area (Å²) in [6.07, 6.45) is 0.830. The van der Waals surface area contributed by atoms with Gasteiger partial charge in [0.2, 0.25) is 5.91 Å². The number of hydrogen-bond acceptors (Lipinski definition) is 5. The Morgan fingerprint density at radius 2 is 1.73 bits per heavy atom. The van der Waals surface area contributed by atoms with Gasteiger partial charge in [-0.25, -0.2) is 0 Å². The molecular formula is C33H38N2O5Si. The molecule has 3 aliphatic heterocycles. The summed E-state index contributed by atoms with van der Waals surface area (Å²) in [6, 6.07) is 24.2. The zero-order chi connectivity index (χ0) is 28.9. The zero-order valence-corrected chi connectivity index (χ0v) is 25.2. The summed E-state index contributed by atoms with van der Waals surface area (Å²) in [7, 11) is -0.533. The van der Waals surface area contributed by atoms with Crippen molar-refractivity contribution < 1.29 is 24.2 Å². The third-order valence-electron chi connectivity index (χ3n) is 9.60. The van der Waals surface area contributed by atoms with Gasteiger partial charge >= 0.3 is 0 Å². The molecule has 2 saturated heterocycles. The minimum Gasteiger partial charge on any atom is -0.497 e. The van der Waals surface area contributed by atoms with Gasteiger partial charge in [0.05, 0.1) is 33.5 Å². The molecule has 0 saturated carbocycles. The quantitative estimate of drug-likeness (QED) is 0.317.